The van der Waals surface area contributed by atoms with Crippen LogP contribution in [0.1, 0.15) is 19.4 Å². The van der Waals surface area contributed by atoms with Gasteiger partial charge < -0.3 is 15.4 Å². The molecule has 2 aliphatic rings. The average Bonchev–Trinajstić information content (AvgIpc) is 3.13. The predicted molar refractivity (Wildman–Crippen MR) is 133 cm³/mol. The van der Waals surface area contributed by atoms with Crippen LogP contribution in [0.5, 0.6) is 0 Å². The standard InChI is InChI=1S/C25H23FN4O4S/c1-3-34-23(32)21-15(2)27-24(33)28-20(21)14-35-25-29-19(13-16-7-5-4-6-8-16)22(31)30(25)18-11-9-17(26)10-12-18/h4-13,15H,3,14H2,1-2H3,(H2,27,28,33)/b19-13-/t15-/m0/s1. The Bertz CT molecular complexity index is 1240. The minimum atomic E-state index is -0.549. The second kappa shape index (κ2) is 10.6. The summed E-state index contributed by atoms with van der Waals surface area (Å²) in [5.74, 6) is -1.19. The van der Waals surface area contributed by atoms with Crippen molar-refractivity contribution in [3.8, 4) is 0 Å². The number of urea groups is 1. The monoisotopic (exact) mass is 494 g/mol. The summed E-state index contributed by atoms with van der Waals surface area (Å²) in [6.45, 7) is 3.58. The van der Waals surface area contributed by atoms with Crippen molar-refractivity contribution in [3.63, 3.8) is 0 Å². The van der Waals surface area contributed by atoms with E-state index < -0.39 is 23.9 Å². The number of hydrogen-bond acceptors (Lipinski definition) is 6. The van der Waals surface area contributed by atoms with Crippen LogP contribution in [0.3, 0.4) is 0 Å². The number of halogens is 1. The Morgan fingerprint density at radius 2 is 1.89 bits per heavy atom. The molecule has 180 valence electrons. The van der Waals surface area contributed by atoms with Gasteiger partial charge in [0.15, 0.2) is 5.17 Å². The average molecular weight is 495 g/mol. The Balaban J connectivity index is 1.68. The molecule has 2 aliphatic heterocycles. The minimum Gasteiger partial charge on any atom is -0.463 e. The predicted octanol–water partition coefficient (Wildman–Crippen LogP) is 3.82. The third-order valence-electron chi connectivity index (χ3n) is 5.23. The first-order valence-electron chi connectivity index (χ1n) is 10.9. The summed E-state index contributed by atoms with van der Waals surface area (Å²) < 4.78 is 18.7. The third kappa shape index (κ3) is 5.43. The molecular weight excluding hydrogens is 471 g/mol. The first-order valence-corrected chi connectivity index (χ1v) is 11.9. The summed E-state index contributed by atoms with van der Waals surface area (Å²) in [6.07, 6.45) is 1.67. The van der Waals surface area contributed by atoms with Crippen molar-refractivity contribution in [1.29, 1.82) is 0 Å². The summed E-state index contributed by atoms with van der Waals surface area (Å²) in [6, 6.07) is 13.8. The number of ether oxygens (including phenoxy) is 1. The van der Waals surface area contributed by atoms with Crippen LogP contribution in [0, 0.1) is 5.82 Å². The highest BCUT2D eigenvalue weighted by molar-refractivity contribution is 8.14. The zero-order chi connectivity index (χ0) is 24.9. The Morgan fingerprint density at radius 1 is 1.17 bits per heavy atom. The van der Waals surface area contributed by atoms with Crippen LogP contribution >= 0.6 is 11.8 Å². The van der Waals surface area contributed by atoms with Gasteiger partial charge in [0.25, 0.3) is 5.91 Å². The first-order chi connectivity index (χ1) is 16.9. The van der Waals surface area contributed by atoms with Gasteiger partial charge in [-0.1, -0.05) is 42.1 Å². The molecule has 35 heavy (non-hydrogen) atoms. The molecule has 0 aromatic heterocycles. The molecule has 1 atom stereocenters. The van der Waals surface area contributed by atoms with E-state index in [-0.39, 0.29) is 24.0 Å². The van der Waals surface area contributed by atoms with Crippen molar-refractivity contribution in [2.75, 3.05) is 17.3 Å². The Hall–Kier alpha value is -3.92. The number of rotatable bonds is 6. The van der Waals surface area contributed by atoms with Crippen LogP contribution in [0.15, 0.2) is 76.6 Å². The smallest absolute Gasteiger partial charge is 0.337 e. The second-order valence-electron chi connectivity index (χ2n) is 7.67. The van der Waals surface area contributed by atoms with E-state index in [4.69, 9.17) is 4.74 Å². The molecule has 8 nitrogen and oxygen atoms in total. The van der Waals surface area contributed by atoms with Crippen LogP contribution in [0.4, 0.5) is 14.9 Å². The molecule has 2 heterocycles. The summed E-state index contributed by atoms with van der Waals surface area (Å²) in [5, 5.41) is 5.65. The highest BCUT2D eigenvalue weighted by atomic mass is 32.2. The fraction of sp³-hybridized carbons (Fsp3) is 0.200. The maximum atomic E-state index is 13.5. The van der Waals surface area contributed by atoms with Crippen LogP contribution in [-0.2, 0) is 14.3 Å². The van der Waals surface area contributed by atoms with Gasteiger partial charge in [-0.3, -0.25) is 9.69 Å². The number of hydrogen-bond donors (Lipinski definition) is 2. The summed E-state index contributed by atoms with van der Waals surface area (Å²) >= 11 is 1.17. The van der Waals surface area contributed by atoms with Gasteiger partial charge in [-0.15, -0.1) is 0 Å². The fourth-order valence-corrected chi connectivity index (χ4v) is 4.63. The molecule has 0 unspecified atom stereocenters. The highest BCUT2D eigenvalue weighted by Crippen LogP contribution is 2.31. The summed E-state index contributed by atoms with van der Waals surface area (Å²) in [5.41, 5.74) is 2.14. The van der Waals surface area contributed by atoms with Crippen LogP contribution in [-0.4, -0.2) is 41.5 Å². The van der Waals surface area contributed by atoms with Crippen molar-refractivity contribution in [3.05, 3.63) is 82.9 Å². The number of nitrogens with one attached hydrogen (secondary N) is 2. The van der Waals surface area contributed by atoms with Crippen LogP contribution < -0.4 is 15.5 Å². The molecule has 0 fully saturated rings. The Kier molecular flexibility index (Phi) is 7.31. The molecule has 2 aromatic carbocycles. The van der Waals surface area contributed by atoms with Crippen LogP contribution in [0.25, 0.3) is 6.08 Å². The quantitative estimate of drug-likeness (QED) is 0.470. The van der Waals surface area contributed by atoms with Gasteiger partial charge in [-0.2, -0.15) is 0 Å². The fourth-order valence-electron chi connectivity index (χ4n) is 3.65. The first kappa shape index (κ1) is 24.2. The number of carbonyl (C=O) groups excluding carboxylic acids is 3. The van der Waals surface area contributed by atoms with Gasteiger partial charge in [-0.05, 0) is 49.8 Å². The van der Waals surface area contributed by atoms with Crippen LogP contribution in [0.2, 0.25) is 0 Å². The molecule has 2 N–H and O–H groups in total. The number of carbonyl (C=O) groups is 3. The number of benzene rings is 2. The van der Waals surface area contributed by atoms with Crippen molar-refractivity contribution in [1.82, 2.24) is 10.6 Å². The normalized spacial score (nSPS) is 18.9. The molecule has 0 saturated carbocycles. The molecule has 4 rings (SSSR count). The van der Waals surface area contributed by atoms with E-state index in [0.29, 0.717) is 22.1 Å². The lowest BCUT2D eigenvalue weighted by Gasteiger charge is -2.27. The van der Waals surface area contributed by atoms with Crippen molar-refractivity contribution in [2.45, 2.75) is 19.9 Å². The zero-order valence-electron chi connectivity index (χ0n) is 19.1. The van der Waals surface area contributed by atoms with Gasteiger partial charge in [-0.25, -0.2) is 19.0 Å². The van der Waals surface area contributed by atoms with E-state index in [1.165, 1.54) is 40.9 Å². The molecule has 3 amide bonds. The second-order valence-corrected chi connectivity index (χ2v) is 8.62. The number of amidine groups is 1. The van der Waals surface area contributed by atoms with Crippen molar-refractivity contribution >= 4 is 46.6 Å². The summed E-state index contributed by atoms with van der Waals surface area (Å²) in [4.78, 5) is 43.8. The van der Waals surface area contributed by atoms with Crippen molar-refractivity contribution < 1.29 is 23.5 Å². The largest absolute Gasteiger partial charge is 0.463 e. The molecule has 10 heteroatoms. The number of aliphatic imine (C=N–C) groups is 1. The number of anilines is 1. The van der Waals surface area contributed by atoms with E-state index in [1.807, 2.05) is 30.3 Å². The van der Waals surface area contributed by atoms with E-state index in [2.05, 4.69) is 15.6 Å². The Morgan fingerprint density at radius 3 is 2.57 bits per heavy atom. The Labute approximate surface area is 205 Å². The lowest BCUT2D eigenvalue weighted by molar-refractivity contribution is -0.139. The molecule has 0 saturated heterocycles. The van der Waals surface area contributed by atoms with Gasteiger partial charge >= 0.3 is 12.0 Å². The SMILES string of the molecule is CCOC(=O)C1=C(CSC2=N/C(=C\c3ccccc3)C(=O)N2c2ccc(F)cc2)NC(=O)N[C@H]1C. The molecule has 2 aromatic rings. The van der Waals surface area contributed by atoms with E-state index in [9.17, 15) is 18.8 Å². The third-order valence-corrected chi connectivity index (χ3v) is 6.19. The van der Waals surface area contributed by atoms with E-state index in [1.54, 1.807) is 19.9 Å². The number of thioether (sulfide) groups is 1. The summed E-state index contributed by atoms with van der Waals surface area (Å²) in [7, 11) is 0. The number of nitrogens with zero attached hydrogens (tertiary/aromatic N) is 2. The maximum absolute atomic E-state index is 13.5. The van der Waals surface area contributed by atoms with Gasteiger partial charge in [0.1, 0.15) is 11.5 Å². The topological polar surface area (TPSA) is 100 Å². The molecule has 0 spiro atoms. The molecule has 0 aliphatic carbocycles. The van der Waals surface area contributed by atoms with Gasteiger partial charge in [0.05, 0.1) is 23.9 Å². The molecular formula is C25H23FN4O4S. The minimum absolute atomic E-state index is 0.147. The highest BCUT2D eigenvalue weighted by Gasteiger charge is 2.34. The lowest BCUT2D eigenvalue weighted by Crippen LogP contribution is -2.49. The molecule has 0 bridgehead atoms. The van der Waals surface area contributed by atoms with Gasteiger partial charge in [0.2, 0.25) is 0 Å². The van der Waals surface area contributed by atoms with E-state index in [0.717, 1.165) is 5.56 Å². The van der Waals surface area contributed by atoms with E-state index >= 15 is 0 Å². The molecule has 0 radical (unpaired) electrons. The lowest BCUT2D eigenvalue weighted by atomic mass is 10.1. The zero-order valence-corrected chi connectivity index (χ0v) is 19.9. The van der Waals surface area contributed by atoms with Gasteiger partial charge in [0, 0.05) is 11.4 Å². The maximum Gasteiger partial charge on any atom is 0.337 e. The number of amides is 3. The van der Waals surface area contributed by atoms with Crippen molar-refractivity contribution in [2.24, 2.45) is 4.99 Å². The number of esters is 1.